The van der Waals surface area contributed by atoms with Crippen LogP contribution in [0.5, 0.6) is 0 Å². The molecular weight excluding hydrogens is 592 g/mol. The molecule has 0 spiro atoms. The first kappa shape index (κ1) is 29.4. The number of carbonyl (C=O) groups excluding carboxylic acids is 3. The summed E-state index contributed by atoms with van der Waals surface area (Å²) < 4.78 is 3.15. The normalized spacial score (nSPS) is 11.4. The van der Waals surface area contributed by atoms with E-state index in [4.69, 9.17) is 11.6 Å². The Hall–Kier alpha value is -4.12. The van der Waals surface area contributed by atoms with Gasteiger partial charge in [0, 0.05) is 44.5 Å². The van der Waals surface area contributed by atoms with Gasteiger partial charge in [-0.3, -0.25) is 23.7 Å². The van der Waals surface area contributed by atoms with Crippen molar-refractivity contribution in [2.45, 2.75) is 33.9 Å². The zero-order chi connectivity index (χ0) is 30.0. The molecular formula is C31H27ClN4O4S2. The summed E-state index contributed by atoms with van der Waals surface area (Å²) in [7, 11) is 0. The van der Waals surface area contributed by atoms with Gasteiger partial charge in [0.25, 0.3) is 11.5 Å². The Morgan fingerprint density at radius 2 is 1.74 bits per heavy atom. The van der Waals surface area contributed by atoms with E-state index in [2.05, 4.69) is 10.4 Å². The molecule has 214 valence electrons. The minimum atomic E-state index is -0.792. The number of halogens is 1. The Morgan fingerprint density at radius 1 is 0.976 bits per heavy atom. The van der Waals surface area contributed by atoms with Crippen molar-refractivity contribution in [1.82, 2.24) is 14.3 Å². The van der Waals surface area contributed by atoms with Crippen molar-refractivity contribution in [3.63, 3.8) is 0 Å². The maximum absolute atomic E-state index is 13.8. The maximum atomic E-state index is 13.8. The molecule has 0 fully saturated rings. The van der Waals surface area contributed by atoms with Crippen molar-refractivity contribution >= 4 is 57.6 Å². The van der Waals surface area contributed by atoms with Crippen molar-refractivity contribution in [3.05, 3.63) is 114 Å². The Balaban J connectivity index is 1.69. The molecule has 42 heavy (non-hydrogen) atoms. The molecule has 1 aromatic carbocycles. The first-order valence-corrected chi connectivity index (χ1v) is 15.2. The van der Waals surface area contributed by atoms with Crippen LogP contribution in [0.15, 0.2) is 82.3 Å². The average Bonchev–Trinajstić information content (AvgIpc) is 3.73. The number of nitrogens with one attached hydrogen (secondary N) is 1. The summed E-state index contributed by atoms with van der Waals surface area (Å²) in [6.07, 6.45) is 0. The molecule has 4 aromatic heterocycles. The molecule has 0 aliphatic rings. The zero-order valence-electron chi connectivity index (χ0n) is 23.1. The predicted octanol–water partition coefficient (Wildman–Crippen LogP) is 6.90. The lowest BCUT2D eigenvalue weighted by atomic mass is 9.96. The van der Waals surface area contributed by atoms with Gasteiger partial charge in [-0.05, 0) is 29.6 Å². The first-order valence-electron chi connectivity index (χ1n) is 13.1. The number of carbonyl (C=O) groups is 3. The highest BCUT2D eigenvalue weighted by Gasteiger charge is 2.29. The van der Waals surface area contributed by atoms with Crippen LogP contribution in [-0.4, -0.2) is 31.8 Å². The van der Waals surface area contributed by atoms with E-state index in [1.165, 1.54) is 44.1 Å². The smallest absolute Gasteiger partial charge is 0.254 e. The minimum absolute atomic E-state index is 0.155. The molecule has 0 unspecified atom stereocenters. The number of hydrogen-bond donors (Lipinski definition) is 1. The molecule has 11 heteroatoms. The molecule has 0 radical (unpaired) electrons. The van der Waals surface area contributed by atoms with Crippen LogP contribution in [-0.2, 0) is 13.1 Å². The molecule has 0 aliphatic heterocycles. The van der Waals surface area contributed by atoms with E-state index < -0.39 is 11.0 Å². The van der Waals surface area contributed by atoms with Crippen LogP contribution in [0, 0.1) is 5.41 Å². The second kappa shape index (κ2) is 12.0. The van der Waals surface area contributed by atoms with Gasteiger partial charge in [-0.1, -0.05) is 62.7 Å². The Kier molecular flexibility index (Phi) is 8.40. The van der Waals surface area contributed by atoms with Crippen molar-refractivity contribution in [2.24, 2.45) is 5.41 Å². The highest BCUT2D eigenvalue weighted by molar-refractivity contribution is 7.16. The van der Waals surface area contributed by atoms with Crippen LogP contribution in [0.3, 0.4) is 0 Å². The summed E-state index contributed by atoms with van der Waals surface area (Å²) in [4.78, 5) is 54.8. The molecule has 0 aliphatic carbocycles. The molecule has 0 saturated carbocycles. The first-order chi connectivity index (χ1) is 20.0. The van der Waals surface area contributed by atoms with Crippen molar-refractivity contribution in [1.29, 1.82) is 0 Å². The lowest BCUT2D eigenvalue weighted by Crippen LogP contribution is -2.29. The highest BCUT2D eigenvalue weighted by atomic mass is 35.5. The topological polar surface area (TPSA) is 103 Å². The highest BCUT2D eigenvalue weighted by Crippen LogP contribution is 2.30. The fourth-order valence-electron chi connectivity index (χ4n) is 4.32. The minimum Gasteiger partial charge on any atom is -0.365 e. The SMILES string of the molecule is CC(C)(C)C(=O)n1nc(-c2c(C(=O)c3ccccc3)ccc(=O)n2CC(=O)c2ccsc2)cc1NCc1ccc(Cl)s1. The summed E-state index contributed by atoms with van der Waals surface area (Å²) >= 11 is 8.88. The van der Waals surface area contributed by atoms with Crippen molar-refractivity contribution in [2.75, 3.05) is 5.32 Å². The Labute approximate surface area is 255 Å². The average molecular weight is 619 g/mol. The van der Waals surface area contributed by atoms with Crippen LogP contribution >= 0.6 is 34.3 Å². The van der Waals surface area contributed by atoms with Gasteiger partial charge in [-0.15, -0.1) is 11.3 Å². The van der Waals surface area contributed by atoms with Crippen LogP contribution in [0.25, 0.3) is 11.4 Å². The largest absolute Gasteiger partial charge is 0.365 e. The van der Waals surface area contributed by atoms with Crippen molar-refractivity contribution in [3.8, 4) is 11.4 Å². The zero-order valence-corrected chi connectivity index (χ0v) is 25.5. The number of hydrogen-bond acceptors (Lipinski definition) is 8. The summed E-state index contributed by atoms with van der Waals surface area (Å²) in [6.45, 7) is 5.40. The lowest BCUT2D eigenvalue weighted by molar-refractivity contribution is 0.0752. The van der Waals surface area contributed by atoms with Gasteiger partial charge >= 0.3 is 0 Å². The number of Topliss-reactive ketones (excluding diaryl/α,β-unsaturated/α-hetero) is 1. The number of nitrogens with zero attached hydrogens (tertiary/aromatic N) is 3. The number of anilines is 1. The monoisotopic (exact) mass is 618 g/mol. The standard InChI is InChI=1S/C31H27ClN4O4S2/c1-31(2,3)30(40)36-26(33-16-21-9-11-25(32)42-21)15-23(34-36)28-22(29(39)19-7-5-4-6-8-19)10-12-27(38)35(28)17-24(37)20-13-14-41-18-20/h4-15,18,33H,16-17H2,1-3H3. The summed E-state index contributed by atoms with van der Waals surface area (Å²) in [6, 6.07) is 18.4. The Morgan fingerprint density at radius 3 is 2.38 bits per heavy atom. The maximum Gasteiger partial charge on any atom is 0.254 e. The quantitative estimate of drug-likeness (QED) is 0.180. The van der Waals surface area contributed by atoms with Crippen LogP contribution < -0.4 is 10.9 Å². The van der Waals surface area contributed by atoms with Gasteiger partial charge in [0.2, 0.25) is 0 Å². The number of benzene rings is 1. The van der Waals surface area contributed by atoms with Gasteiger partial charge in [0.1, 0.15) is 11.5 Å². The van der Waals surface area contributed by atoms with E-state index in [1.807, 2.05) is 6.07 Å². The second-order valence-electron chi connectivity index (χ2n) is 10.6. The molecule has 0 amide bonds. The van der Waals surface area contributed by atoms with Gasteiger partial charge < -0.3 is 5.32 Å². The van der Waals surface area contributed by atoms with E-state index >= 15 is 0 Å². The molecule has 5 aromatic rings. The fraction of sp³-hybridized carbons (Fsp3) is 0.194. The summed E-state index contributed by atoms with van der Waals surface area (Å²) in [5.41, 5.74) is 0.146. The number of thiophene rings is 2. The number of pyridine rings is 1. The van der Waals surface area contributed by atoms with Gasteiger partial charge in [0.05, 0.1) is 23.1 Å². The van der Waals surface area contributed by atoms with E-state index in [-0.39, 0.29) is 41.0 Å². The molecule has 8 nitrogen and oxygen atoms in total. The molecule has 0 saturated heterocycles. The number of aromatic nitrogens is 3. The van der Waals surface area contributed by atoms with Gasteiger partial charge in [-0.25, -0.2) is 0 Å². The molecule has 4 heterocycles. The Bertz CT molecular complexity index is 1830. The number of ketones is 2. The van der Waals surface area contributed by atoms with Crippen LogP contribution in [0.2, 0.25) is 4.34 Å². The fourth-order valence-corrected chi connectivity index (χ4v) is 6.01. The molecule has 1 N–H and O–H groups in total. The van der Waals surface area contributed by atoms with E-state index in [1.54, 1.807) is 80.1 Å². The summed E-state index contributed by atoms with van der Waals surface area (Å²) in [5, 5.41) is 11.4. The van der Waals surface area contributed by atoms with Gasteiger partial charge in [-0.2, -0.15) is 21.1 Å². The summed E-state index contributed by atoms with van der Waals surface area (Å²) in [5.74, 6) is -0.557. The van der Waals surface area contributed by atoms with Crippen LogP contribution in [0.4, 0.5) is 5.82 Å². The van der Waals surface area contributed by atoms with Gasteiger partial charge in [0.15, 0.2) is 11.6 Å². The molecule has 0 atom stereocenters. The van der Waals surface area contributed by atoms with E-state index in [9.17, 15) is 19.2 Å². The van der Waals surface area contributed by atoms with E-state index in [0.717, 1.165) is 4.88 Å². The van der Waals surface area contributed by atoms with Crippen LogP contribution in [0.1, 0.15) is 56.7 Å². The number of rotatable bonds is 9. The third kappa shape index (κ3) is 6.20. The van der Waals surface area contributed by atoms with E-state index in [0.29, 0.717) is 27.8 Å². The molecule has 5 rings (SSSR count). The predicted molar refractivity (Wildman–Crippen MR) is 167 cm³/mol. The third-order valence-corrected chi connectivity index (χ3v) is 8.38. The third-order valence-electron chi connectivity index (χ3n) is 6.47. The molecule has 0 bridgehead atoms. The van der Waals surface area contributed by atoms with Crippen molar-refractivity contribution < 1.29 is 14.4 Å². The lowest BCUT2D eigenvalue weighted by Gasteiger charge is -2.18. The second-order valence-corrected chi connectivity index (χ2v) is 13.2.